The molecule has 1 aromatic carbocycles. The van der Waals surface area contributed by atoms with E-state index in [9.17, 15) is 28.3 Å². The third-order valence-electron chi connectivity index (χ3n) is 7.12. The summed E-state index contributed by atoms with van der Waals surface area (Å²) in [4.78, 5) is 45.6. The predicted molar refractivity (Wildman–Crippen MR) is 137 cm³/mol. The lowest BCUT2D eigenvalue weighted by Crippen LogP contribution is -2.55. The van der Waals surface area contributed by atoms with E-state index in [1.54, 1.807) is 22.2 Å². The number of ketones is 1. The lowest BCUT2D eigenvalue weighted by molar-refractivity contribution is 0.0412. The van der Waals surface area contributed by atoms with Crippen molar-refractivity contribution in [2.45, 2.75) is 32.2 Å². The molecule has 3 aromatic rings. The second-order valence-corrected chi connectivity index (χ2v) is 9.78. The molecule has 204 valence electrons. The van der Waals surface area contributed by atoms with Gasteiger partial charge in [0.1, 0.15) is 18.3 Å². The van der Waals surface area contributed by atoms with Gasteiger partial charge >= 0.3 is 0 Å². The zero-order valence-electron chi connectivity index (χ0n) is 21.2. The summed E-state index contributed by atoms with van der Waals surface area (Å²) in [6.07, 6.45) is 4.17. The number of carbonyl (C=O) groups is 2. The first-order chi connectivity index (χ1) is 18.8. The van der Waals surface area contributed by atoms with Gasteiger partial charge in [-0.2, -0.15) is 0 Å². The summed E-state index contributed by atoms with van der Waals surface area (Å²) in [7, 11) is 0. The number of hydrogen-bond donors (Lipinski definition) is 1. The molecule has 5 rings (SSSR count). The van der Waals surface area contributed by atoms with Crippen LogP contribution in [0.3, 0.4) is 0 Å². The predicted octanol–water partition coefficient (Wildman–Crippen LogP) is 3.02. The second-order valence-electron chi connectivity index (χ2n) is 9.78. The zero-order valence-corrected chi connectivity index (χ0v) is 21.2. The molecule has 2 aliphatic rings. The molecule has 1 saturated heterocycles. The summed E-state index contributed by atoms with van der Waals surface area (Å²) >= 11 is 0. The highest BCUT2D eigenvalue weighted by Gasteiger charge is 2.35. The number of pyridine rings is 2. The fraction of sp³-hybridized carbons (Fsp3) is 0.357. The topological polar surface area (TPSA) is 105 Å². The van der Waals surface area contributed by atoms with Crippen LogP contribution in [0.1, 0.15) is 51.4 Å². The van der Waals surface area contributed by atoms with E-state index in [-0.39, 0.29) is 48.8 Å². The van der Waals surface area contributed by atoms with E-state index < -0.39 is 34.5 Å². The van der Waals surface area contributed by atoms with Crippen LogP contribution in [0.5, 0.6) is 5.75 Å². The highest BCUT2D eigenvalue weighted by atomic mass is 19.1. The van der Waals surface area contributed by atoms with E-state index in [4.69, 9.17) is 4.74 Å². The first-order valence-electron chi connectivity index (χ1n) is 12.8. The van der Waals surface area contributed by atoms with E-state index in [1.165, 1.54) is 16.9 Å². The number of carbonyl (C=O) groups excluding carboxylic acids is 2. The van der Waals surface area contributed by atoms with Gasteiger partial charge in [-0.3, -0.25) is 29.1 Å². The van der Waals surface area contributed by atoms with Gasteiger partial charge in [0, 0.05) is 44.6 Å². The Morgan fingerprint density at radius 3 is 2.64 bits per heavy atom. The molecule has 2 aromatic heterocycles. The summed E-state index contributed by atoms with van der Waals surface area (Å²) < 4.78 is 34.1. The SMILES string of the molecule is O=C(CCc1ccc(F)cc1F)c1cn2c(c(O)c1=O)C(=O)N(CC1CCOCC1)CN2Cc1ccccn1. The van der Waals surface area contributed by atoms with Crippen molar-refractivity contribution in [2.75, 3.05) is 31.4 Å². The Kier molecular flexibility index (Phi) is 7.69. The maximum atomic E-state index is 14.1. The van der Waals surface area contributed by atoms with Crippen LogP contribution in [0.25, 0.3) is 0 Å². The van der Waals surface area contributed by atoms with Crippen LogP contribution in [0, 0.1) is 17.6 Å². The van der Waals surface area contributed by atoms with Crippen LogP contribution in [0.4, 0.5) is 8.78 Å². The number of aryl methyl sites for hydroxylation is 1. The minimum Gasteiger partial charge on any atom is -0.502 e. The summed E-state index contributed by atoms with van der Waals surface area (Å²) in [5.41, 5.74) is -0.708. The molecule has 0 spiro atoms. The van der Waals surface area contributed by atoms with Crippen LogP contribution in [-0.2, 0) is 17.7 Å². The van der Waals surface area contributed by atoms with Gasteiger partial charge in [0.25, 0.3) is 5.91 Å². The van der Waals surface area contributed by atoms with Crippen molar-refractivity contribution in [3.8, 4) is 5.75 Å². The quantitative estimate of drug-likeness (QED) is 0.440. The Bertz CT molecular complexity index is 1440. The number of aromatic nitrogens is 2. The number of ether oxygens (including phenoxy) is 1. The van der Waals surface area contributed by atoms with E-state index in [0.29, 0.717) is 25.5 Å². The lowest BCUT2D eigenvalue weighted by atomic mass is 9.99. The highest BCUT2D eigenvalue weighted by Crippen LogP contribution is 2.25. The van der Waals surface area contributed by atoms with Crippen molar-refractivity contribution in [1.82, 2.24) is 14.6 Å². The van der Waals surface area contributed by atoms with Gasteiger partial charge in [-0.15, -0.1) is 0 Å². The van der Waals surface area contributed by atoms with E-state index in [1.807, 2.05) is 12.1 Å². The van der Waals surface area contributed by atoms with E-state index >= 15 is 0 Å². The average Bonchev–Trinajstić information content (AvgIpc) is 2.93. The van der Waals surface area contributed by atoms with Crippen molar-refractivity contribution >= 4 is 11.7 Å². The number of Topliss-reactive ketones (excluding diaryl/α,β-unsaturated/α-hetero) is 1. The van der Waals surface area contributed by atoms with Crippen molar-refractivity contribution in [3.63, 3.8) is 0 Å². The molecule has 0 unspecified atom stereocenters. The fourth-order valence-electron chi connectivity index (χ4n) is 4.98. The smallest absolute Gasteiger partial charge is 0.277 e. The van der Waals surface area contributed by atoms with Gasteiger partial charge in [-0.1, -0.05) is 12.1 Å². The summed E-state index contributed by atoms with van der Waals surface area (Å²) in [6, 6.07) is 8.48. The third kappa shape index (κ3) is 5.68. The molecule has 0 aliphatic carbocycles. The summed E-state index contributed by atoms with van der Waals surface area (Å²) in [5, 5.41) is 12.6. The fourth-order valence-corrected chi connectivity index (χ4v) is 4.98. The van der Waals surface area contributed by atoms with Crippen LogP contribution in [0.2, 0.25) is 0 Å². The van der Waals surface area contributed by atoms with Crippen LogP contribution in [0.15, 0.2) is 53.6 Å². The Hall–Kier alpha value is -4.12. The number of aromatic hydroxyl groups is 1. The Labute approximate surface area is 223 Å². The molecule has 11 heteroatoms. The molecule has 9 nitrogen and oxygen atoms in total. The van der Waals surface area contributed by atoms with Gasteiger partial charge in [-0.25, -0.2) is 8.78 Å². The van der Waals surface area contributed by atoms with Crippen LogP contribution in [-0.4, -0.2) is 57.8 Å². The van der Waals surface area contributed by atoms with Crippen LogP contribution >= 0.6 is 0 Å². The number of nitrogens with zero attached hydrogens (tertiary/aromatic N) is 4. The van der Waals surface area contributed by atoms with E-state index in [0.717, 1.165) is 25.0 Å². The third-order valence-corrected chi connectivity index (χ3v) is 7.12. The Morgan fingerprint density at radius 2 is 1.92 bits per heavy atom. The Morgan fingerprint density at radius 1 is 1.13 bits per heavy atom. The van der Waals surface area contributed by atoms with Gasteiger partial charge in [0.15, 0.2) is 17.2 Å². The van der Waals surface area contributed by atoms with Crippen molar-refractivity contribution in [1.29, 1.82) is 0 Å². The minimum atomic E-state index is -0.968. The molecule has 0 radical (unpaired) electrons. The number of rotatable bonds is 8. The summed E-state index contributed by atoms with van der Waals surface area (Å²) in [5.74, 6) is -3.27. The first-order valence-corrected chi connectivity index (χ1v) is 12.8. The van der Waals surface area contributed by atoms with Gasteiger partial charge in [0.2, 0.25) is 5.43 Å². The van der Waals surface area contributed by atoms with Crippen molar-refractivity contribution in [3.05, 3.63) is 93.2 Å². The first kappa shape index (κ1) is 26.5. The van der Waals surface area contributed by atoms with Gasteiger partial charge in [-0.05, 0) is 48.9 Å². The molecule has 2 aliphatic heterocycles. The lowest BCUT2D eigenvalue weighted by Gasteiger charge is -2.41. The van der Waals surface area contributed by atoms with Gasteiger partial charge in [0.05, 0.1) is 17.8 Å². The molecule has 4 heterocycles. The second kappa shape index (κ2) is 11.3. The number of fused-ring (bicyclic) bond motifs is 1. The minimum absolute atomic E-state index is 0.0671. The highest BCUT2D eigenvalue weighted by molar-refractivity contribution is 6.00. The molecule has 0 atom stereocenters. The average molecular weight is 539 g/mol. The molecule has 39 heavy (non-hydrogen) atoms. The van der Waals surface area contributed by atoms with Gasteiger partial charge < -0.3 is 14.7 Å². The number of hydrogen-bond acceptors (Lipinski definition) is 7. The molecule has 0 saturated carbocycles. The zero-order chi connectivity index (χ0) is 27.5. The maximum Gasteiger partial charge on any atom is 0.277 e. The monoisotopic (exact) mass is 538 g/mol. The van der Waals surface area contributed by atoms with Crippen LogP contribution < -0.4 is 10.4 Å². The van der Waals surface area contributed by atoms with Crippen molar-refractivity contribution in [2.24, 2.45) is 5.92 Å². The largest absolute Gasteiger partial charge is 0.502 e. The number of benzene rings is 1. The number of amides is 1. The standard InChI is InChI=1S/C28H28F2N4O5/c29-20-6-4-19(23(30)13-20)5-7-24(35)22-16-34-25(27(37)26(22)36)28(38)32(14-18-8-11-39-12-9-18)17-33(34)15-21-3-1-2-10-31-21/h1-4,6,10,13,16,18,37H,5,7-9,11-12,14-15,17H2. The molecule has 1 amide bonds. The molecular weight excluding hydrogens is 510 g/mol. The molecule has 1 N–H and O–H groups in total. The van der Waals surface area contributed by atoms with Crippen molar-refractivity contribution < 1.29 is 28.2 Å². The normalized spacial score (nSPS) is 15.9. The molecular formula is C28H28F2N4O5. The molecule has 1 fully saturated rings. The van der Waals surface area contributed by atoms with E-state index in [2.05, 4.69) is 4.98 Å². The molecule has 0 bridgehead atoms. The summed E-state index contributed by atoms with van der Waals surface area (Å²) in [6.45, 7) is 2.04. The maximum absolute atomic E-state index is 14.1. The number of halogens is 2. The Balaban J connectivity index is 1.47.